The summed E-state index contributed by atoms with van der Waals surface area (Å²) < 4.78 is 0.901. The molecule has 3 aromatic rings. The first-order valence-electron chi connectivity index (χ1n) is 6.15. The van der Waals surface area contributed by atoms with E-state index in [1.165, 1.54) is 0 Å². The second-order valence-electron chi connectivity index (χ2n) is 4.51. The Morgan fingerprint density at radius 2 is 1.90 bits per heavy atom. The molecule has 0 fully saturated rings. The van der Waals surface area contributed by atoms with E-state index in [4.69, 9.17) is 11.6 Å². The summed E-state index contributed by atoms with van der Waals surface area (Å²) in [6.45, 7) is 0. The van der Waals surface area contributed by atoms with Crippen LogP contribution in [0.1, 0.15) is 10.4 Å². The Labute approximate surface area is 134 Å². The number of halogens is 2. The Morgan fingerprint density at radius 3 is 2.62 bits per heavy atom. The lowest BCUT2D eigenvalue weighted by atomic mass is 10.0. The molecule has 1 aromatic heterocycles. The van der Waals surface area contributed by atoms with Gasteiger partial charge in [0.25, 0.3) is 0 Å². The van der Waals surface area contributed by atoms with Gasteiger partial charge < -0.3 is 5.11 Å². The molecule has 5 heteroatoms. The second-order valence-corrected chi connectivity index (χ2v) is 5.83. The molecule has 0 spiro atoms. The van der Waals surface area contributed by atoms with Gasteiger partial charge in [-0.2, -0.15) is 0 Å². The summed E-state index contributed by atoms with van der Waals surface area (Å²) in [7, 11) is 0. The molecule has 21 heavy (non-hydrogen) atoms. The number of carboxylic acids is 1. The van der Waals surface area contributed by atoms with Crippen molar-refractivity contribution in [2.24, 2.45) is 0 Å². The largest absolute Gasteiger partial charge is 0.478 e. The van der Waals surface area contributed by atoms with E-state index in [0.717, 1.165) is 10.0 Å². The third kappa shape index (κ3) is 2.64. The maximum atomic E-state index is 11.5. The first-order valence-corrected chi connectivity index (χ1v) is 7.32. The maximum absolute atomic E-state index is 11.5. The van der Waals surface area contributed by atoms with Gasteiger partial charge in [0.1, 0.15) is 0 Å². The summed E-state index contributed by atoms with van der Waals surface area (Å²) in [5.74, 6) is -0.999. The van der Waals surface area contributed by atoms with Crippen molar-refractivity contribution in [2.75, 3.05) is 0 Å². The molecule has 1 N–H and O–H groups in total. The number of pyridine rings is 1. The van der Waals surface area contributed by atoms with E-state index in [1.54, 1.807) is 24.3 Å². The van der Waals surface area contributed by atoms with Crippen molar-refractivity contribution in [1.82, 2.24) is 4.98 Å². The van der Waals surface area contributed by atoms with Gasteiger partial charge >= 0.3 is 5.97 Å². The predicted molar refractivity (Wildman–Crippen MR) is 86.8 cm³/mol. The number of hydrogen-bond donors (Lipinski definition) is 1. The minimum absolute atomic E-state index is 0.192. The van der Waals surface area contributed by atoms with E-state index in [-0.39, 0.29) is 5.56 Å². The first-order chi connectivity index (χ1) is 10.1. The number of fused-ring (bicyclic) bond motifs is 1. The van der Waals surface area contributed by atoms with Gasteiger partial charge in [-0.15, -0.1) is 0 Å². The van der Waals surface area contributed by atoms with Crippen LogP contribution >= 0.6 is 27.5 Å². The molecule has 0 radical (unpaired) electrons. The van der Waals surface area contributed by atoms with Gasteiger partial charge in [-0.1, -0.05) is 51.8 Å². The smallest absolute Gasteiger partial charge is 0.336 e. The number of rotatable bonds is 2. The van der Waals surface area contributed by atoms with Crippen LogP contribution < -0.4 is 0 Å². The number of carbonyl (C=O) groups is 1. The van der Waals surface area contributed by atoms with Gasteiger partial charge in [0.15, 0.2) is 0 Å². The van der Waals surface area contributed by atoms with Gasteiger partial charge in [0.2, 0.25) is 0 Å². The molecule has 0 amide bonds. The SMILES string of the molecule is O=C(O)c1cc(-c2cccc(Br)c2)nc2c(Cl)cccc12. The molecule has 2 aromatic carbocycles. The Balaban J connectivity index is 2.35. The van der Waals surface area contributed by atoms with Crippen LogP contribution in [0.2, 0.25) is 5.02 Å². The number of carboxylic acid groups (broad SMARTS) is 1. The van der Waals surface area contributed by atoms with E-state index >= 15 is 0 Å². The van der Waals surface area contributed by atoms with E-state index in [9.17, 15) is 9.90 Å². The van der Waals surface area contributed by atoms with Crippen LogP contribution in [0.3, 0.4) is 0 Å². The normalized spacial score (nSPS) is 10.8. The van der Waals surface area contributed by atoms with Crippen LogP contribution in [0, 0.1) is 0 Å². The minimum Gasteiger partial charge on any atom is -0.478 e. The quantitative estimate of drug-likeness (QED) is 0.696. The van der Waals surface area contributed by atoms with Crippen molar-refractivity contribution >= 4 is 44.4 Å². The summed E-state index contributed by atoms with van der Waals surface area (Å²) in [6.07, 6.45) is 0. The summed E-state index contributed by atoms with van der Waals surface area (Å²) in [4.78, 5) is 16.0. The van der Waals surface area contributed by atoms with Crippen LogP contribution in [0.4, 0.5) is 0 Å². The molecule has 3 rings (SSSR count). The number of benzene rings is 2. The summed E-state index contributed by atoms with van der Waals surface area (Å²) in [5, 5.41) is 10.4. The highest BCUT2D eigenvalue weighted by Crippen LogP contribution is 2.30. The fraction of sp³-hybridized carbons (Fsp3) is 0. The molecule has 0 bridgehead atoms. The molecule has 0 aliphatic rings. The van der Waals surface area contributed by atoms with Crippen LogP contribution in [0.25, 0.3) is 22.2 Å². The van der Waals surface area contributed by atoms with E-state index < -0.39 is 5.97 Å². The van der Waals surface area contributed by atoms with Crippen molar-refractivity contribution in [2.45, 2.75) is 0 Å². The molecule has 1 heterocycles. The zero-order valence-corrected chi connectivity index (χ0v) is 13.0. The van der Waals surface area contributed by atoms with Crippen LogP contribution in [0.15, 0.2) is 53.0 Å². The Bertz CT molecular complexity index is 864. The topological polar surface area (TPSA) is 50.2 Å². The van der Waals surface area contributed by atoms with Crippen molar-refractivity contribution in [3.8, 4) is 11.3 Å². The van der Waals surface area contributed by atoms with E-state index in [1.807, 2.05) is 24.3 Å². The fourth-order valence-corrected chi connectivity index (χ4v) is 2.80. The molecule has 0 unspecified atom stereocenters. The van der Waals surface area contributed by atoms with Crippen molar-refractivity contribution in [1.29, 1.82) is 0 Å². The third-order valence-electron chi connectivity index (χ3n) is 3.14. The highest BCUT2D eigenvalue weighted by molar-refractivity contribution is 9.10. The summed E-state index contributed by atoms with van der Waals surface area (Å²) >= 11 is 9.56. The molecule has 104 valence electrons. The van der Waals surface area contributed by atoms with E-state index in [2.05, 4.69) is 20.9 Å². The maximum Gasteiger partial charge on any atom is 0.336 e. The second kappa shape index (κ2) is 5.47. The average Bonchev–Trinajstić information content (AvgIpc) is 2.46. The summed E-state index contributed by atoms with van der Waals surface area (Å²) in [5.41, 5.74) is 2.09. The lowest BCUT2D eigenvalue weighted by molar-refractivity contribution is 0.0699. The molecule has 0 aliphatic heterocycles. The Morgan fingerprint density at radius 1 is 1.14 bits per heavy atom. The zero-order valence-electron chi connectivity index (χ0n) is 10.7. The van der Waals surface area contributed by atoms with Gasteiger partial charge in [-0.3, -0.25) is 0 Å². The highest BCUT2D eigenvalue weighted by atomic mass is 79.9. The van der Waals surface area contributed by atoms with Gasteiger partial charge in [0.05, 0.1) is 21.8 Å². The minimum atomic E-state index is -0.999. The van der Waals surface area contributed by atoms with Gasteiger partial charge in [-0.05, 0) is 24.3 Å². The van der Waals surface area contributed by atoms with Crippen molar-refractivity contribution < 1.29 is 9.90 Å². The van der Waals surface area contributed by atoms with E-state index in [0.29, 0.717) is 21.6 Å². The van der Waals surface area contributed by atoms with Crippen LogP contribution in [0.5, 0.6) is 0 Å². The average molecular weight is 363 g/mol. The van der Waals surface area contributed by atoms with Gasteiger partial charge in [0, 0.05) is 15.4 Å². The molecule has 0 atom stereocenters. The Hall–Kier alpha value is -1.91. The number of hydrogen-bond acceptors (Lipinski definition) is 2. The number of para-hydroxylation sites is 1. The zero-order chi connectivity index (χ0) is 15.0. The standard InChI is InChI=1S/C16H9BrClNO2/c17-10-4-1-3-9(7-10)14-8-12(16(20)21)11-5-2-6-13(18)15(11)19-14/h1-8H,(H,20,21). The number of aromatic carboxylic acids is 1. The fourth-order valence-electron chi connectivity index (χ4n) is 2.19. The van der Waals surface area contributed by atoms with Gasteiger partial charge in [-0.25, -0.2) is 9.78 Å². The predicted octanol–water partition coefficient (Wildman–Crippen LogP) is 5.02. The lowest BCUT2D eigenvalue weighted by Gasteiger charge is -2.08. The number of nitrogens with zero attached hydrogens (tertiary/aromatic N) is 1. The van der Waals surface area contributed by atoms with Crippen molar-refractivity contribution in [3.05, 3.63) is 63.6 Å². The lowest BCUT2D eigenvalue weighted by Crippen LogP contribution is -2.00. The van der Waals surface area contributed by atoms with Crippen LogP contribution in [-0.4, -0.2) is 16.1 Å². The van der Waals surface area contributed by atoms with Crippen molar-refractivity contribution in [3.63, 3.8) is 0 Å². The highest BCUT2D eigenvalue weighted by Gasteiger charge is 2.14. The molecule has 0 saturated heterocycles. The summed E-state index contributed by atoms with van der Waals surface area (Å²) in [6, 6.07) is 14.2. The molecule has 3 nitrogen and oxygen atoms in total. The number of aromatic nitrogens is 1. The molecular weight excluding hydrogens is 354 g/mol. The molecular formula is C16H9BrClNO2. The van der Waals surface area contributed by atoms with Crippen LogP contribution in [-0.2, 0) is 0 Å². The first kappa shape index (κ1) is 14.0. The molecule has 0 aliphatic carbocycles. The monoisotopic (exact) mass is 361 g/mol. The Kier molecular flexibility index (Phi) is 3.66. The molecule has 0 saturated carbocycles. The third-order valence-corrected chi connectivity index (χ3v) is 3.94.